The molecule has 3 aromatic carbocycles. The molecule has 0 aliphatic carbocycles. The number of nitrogens with zero attached hydrogens (tertiary/aromatic N) is 1. The van der Waals surface area contributed by atoms with Crippen molar-refractivity contribution < 1.29 is 33.6 Å². The van der Waals surface area contributed by atoms with Gasteiger partial charge in [0.25, 0.3) is 5.91 Å². The van der Waals surface area contributed by atoms with E-state index < -0.39 is 23.7 Å². The summed E-state index contributed by atoms with van der Waals surface area (Å²) in [7, 11) is 4.51. The Morgan fingerprint density at radius 1 is 0.886 bits per heavy atom. The maximum atomic E-state index is 13.5. The number of ether oxygens (including phenoxy) is 4. The zero-order valence-corrected chi connectivity index (χ0v) is 19.8. The number of fused-ring (bicyclic) bond motifs is 1. The molecule has 182 valence electrons. The first-order valence-electron chi connectivity index (χ1n) is 11.1. The Labute approximate surface area is 203 Å². The van der Waals surface area contributed by atoms with Gasteiger partial charge in [-0.15, -0.1) is 0 Å². The minimum atomic E-state index is -2.01. The van der Waals surface area contributed by atoms with Crippen LogP contribution in [0.5, 0.6) is 23.0 Å². The highest BCUT2D eigenvalue weighted by Crippen LogP contribution is 2.43. The first-order chi connectivity index (χ1) is 16.9. The van der Waals surface area contributed by atoms with Gasteiger partial charge in [0.1, 0.15) is 18.1 Å². The lowest BCUT2D eigenvalue weighted by atomic mass is 9.88. The number of aliphatic hydroxyl groups is 1. The summed E-state index contributed by atoms with van der Waals surface area (Å²) >= 11 is 0. The van der Waals surface area contributed by atoms with Crippen molar-refractivity contribution in [3.63, 3.8) is 0 Å². The Hall–Kier alpha value is -4.04. The van der Waals surface area contributed by atoms with E-state index in [1.54, 1.807) is 61.7 Å². The summed E-state index contributed by atoms with van der Waals surface area (Å²) in [5.74, 6) is 0.952. The van der Waals surface area contributed by atoms with Crippen LogP contribution in [0.15, 0.2) is 66.7 Å². The van der Waals surface area contributed by atoms with E-state index in [4.69, 9.17) is 18.9 Å². The normalized spacial score (nSPS) is 16.6. The zero-order chi connectivity index (χ0) is 25.0. The maximum absolute atomic E-state index is 13.5. The van der Waals surface area contributed by atoms with Gasteiger partial charge in [0.15, 0.2) is 22.9 Å². The minimum Gasteiger partial charge on any atom is -0.497 e. The Morgan fingerprint density at radius 3 is 2.29 bits per heavy atom. The van der Waals surface area contributed by atoms with E-state index in [1.807, 2.05) is 12.1 Å². The molecule has 0 bridgehead atoms. The van der Waals surface area contributed by atoms with Crippen molar-refractivity contribution >= 4 is 17.4 Å². The SMILES string of the molecule is COc1ccc(C(=O)CC2(O)C(=O)N(CCOc3ccccc3OC)c3ccccc32)c(OC)c1. The molecule has 0 saturated carbocycles. The molecule has 0 saturated heterocycles. The standard InChI is InChI=1S/C27H27NO7/c1-32-18-12-13-19(25(16-18)34-3)22(29)17-27(31)20-8-4-5-9-21(20)28(26(27)30)14-15-35-24-11-7-6-10-23(24)33-2/h4-13,16,31H,14-15,17H2,1-3H3. The van der Waals surface area contributed by atoms with Gasteiger partial charge in [-0.1, -0.05) is 30.3 Å². The summed E-state index contributed by atoms with van der Waals surface area (Å²) in [6, 6.07) is 18.9. The largest absolute Gasteiger partial charge is 0.497 e. The highest BCUT2D eigenvalue weighted by Gasteiger charge is 2.50. The average Bonchev–Trinajstić information content (AvgIpc) is 3.10. The van der Waals surface area contributed by atoms with Gasteiger partial charge in [-0.2, -0.15) is 0 Å². The van der Waals surface area contributed by atoms with Crippen molar-refractivity contribution in [2.45, 2.75) is 12.0 Å². The molecular weight excluding hydrogens is 450 g/mol. The molecule has 0 spiro atoms. The van der Waals surface area contributed by atoms with Crippen LogP contribution in [-0.4, -0.2) is 51.3 Å². The summed E-state index contributed by atoms with van der Waals surface area (Å²) in [6.45, 7) is 0.340. The Bertz CT molecular complexity index is 1240. The van der Waals surface area contributed by atoms with Gasteiger partial charge in [0.2, 0.25) is 0 Å². The van der Waals surface area contributed by atoms with E-state index in [0.29, 0.717) is 34.2 Å². The van der Waals surface area contributed by atoms with Crippen molar-refractivity contribution in [3.05, 3.63) is 77.9 Å². The summed E-state index contributed by atoms with van der Waals surface area (Å²) in [5.41, 5.74) is -0.838. The number of anilines is 1. The molecule has 1 unspecified atom stereocenters. The fourth-order valence-electron chi connectivity index (χ4n) is 4.24. The van der Waals surface area contributed by atoms with Crippen LogP contribution in [0.4, 0.5) is 5.69 Å². The van der Waals surface area contributed by atoms with Crippen LogP contribution in [0.1, 0.15) is 22.3 Å². The van der Waals surface area contributed by atoms with Crippen LogP contribution in [0.25, 0.3) is 0 Å². The summed E-state index contributed by atoms with van der Waals surface area (Å²) in [6.07, 6.45) is -0.435. The van der Waals surface area contributed by atoms with E-state index in [0.717, 1.165) is 0 Å². The van der Waals surface area contributed by atoms with Crippen molar-refractivity contribution in [1.82, 2.24) is 0 Å². The monoisotopic (exact) mass is 477 g/mol. The molecule has 1 aliphatic rings. The second-order valence-electron chi connectivity index (χ2n) is 8.00. The molecule has 3 aromatic rings. The molecule has 35 heavy (non-hydrogen) atoms. The molecule has 1 amide bonds. The fraction of sp³-hybridized carbons (Fsp3) is 0.259. The molecule has 8 heteroatoms. The zero-order valence-electron chi connectivity index (χ0n) is 19.8. The number of hydrogen-bond donors (Lipinski definition) is 1. The second-order valence-corrected chi connectivity index (χ2v) is 8.00. The van der Waals surface area contributed by atoms with Crippen molar-refractivity contribution in [1.29, 1.82) is 0 Å². The Morgan fingerprint density at radius 2 is 1.57 bits per heavy atom. The Kier molecular flexibility index (Phi) is 6.93. The van der Waals surface area contributed by atoms with E-state index >= 15 is 0 Å². The van der Waals surface area contributed by atoms with Crippen LogP contribution >= 0.6 is 0 Å². The molecule has 0 fully saturated rings. The van der Waals surface area contributed by atoms with Gasteiger partial charge < -0.3 is 29.0 Å². The molecule has 0 radical (unpaired) electrons. The van der Waals surface area contributed by atoms with Crippen LogP contribution in [0.2, 0.25) is 0 Å². The summed E-state index contributed by atoms with van der Waals surface area (Å²) < 4.78 is 21.6. The highest BCUT2D eigenvalue weighted by atomic mass is 16.5. The fourth-order valence-corrected chi connectivity index (χ4v) is 4.24. The van der Waals surface area contributed by atoms with Gasteiger partial charge in [0, 0.05) is 11.6 Å². The topological polar surface area (TPSA) is 94.5 Å². The number of carbonyl (C=O) groups is 2. The summed E-state index contributed by atoms with van der Waals surface area (Å²) in [4.78, 5) is 28.1. The number of methoxy groups -OCH3 is 3. The number of rotatable bonds is 10. The second kappa shape index (κ2) is 10.1. The predicted octanol–water partition coefficient (Wildman–Crippen LogP) is 3.60. The number of Topliss-reactive ketones (excluding diaryl/α,β-unsaturated/α-hetero) is 1. The van der Waals surface area contributed by atoms with Gasteiger partial charge in [-0.3, -0.25) is 9.59 Å². The number of para-hydroxylation sites is 3. The summed E-state index contributed by atoms with van der Waals surface area (Å²) in [5, 5.41) is 11.5. The molecule has 1 N–H and O–H groups in total. The molecule has 4 rings (SSSR count). The number of benzene rings is 3. The highest BCUT2D eigenvalue weighted by molar-refractivity contribution is 6.11. The third-order valence-corrected chi connectivity index (χ3v) is 6.01. The number of carbonyl (C=O) groups excluding carboxylic acids is 2. The van der Waals surface area contributed by atoms with E-state index in [2.05, 4.69) is 0 Å². The molecule has 1 heterocycles. The van der Waals surface area contributed by atoms with Gasteiger partial charge in [0.05, 0.1) is 45.5 Å². The van der Waals surface area contributed by atoms with Gasteiger partial charge in [-0.25, -0.2) is 0 Å². The Balaban J connectivity index is 1.56. The first-order valence-corrected chi connectivity index (χ1v) is 11.1. The molecule has 1 aliphatic heterocycles. The molecular formula is C27H27NO7. The number of ketones is 1. The maximum Gasteiger partial charge on any atom is 0.264 e. The lowest BCUT2D eigenvalue weighted by Gasteiger charge is -2.23. The van der Waals surface area contributed by atoms with E-state index in [1.165, 1.54) is 19.1 Å². The quantitative estimate of drug-likeness (QED) is 0.446. The third kappa shape index (κ3) is 4.52. The van der Waals surface area contributed by atoms with Crippen LogP contribution in [0, 0.1) is 0 Å². The van der Waals surface area contributed by atoms with Gasteiger partial charge >= 0.3 is 0 Å². The molecule has 1 atom stereocenters. The van der Waals surface area contributed by atoms with E-state index in [9.17, 15) is 14.7 Å². The number of hydrogen-bond acceptors (Lipinski definition) is 7. The predicted molar refractivity (Wildman–Crippen MR) is 130 cm³/mol. The van der Waals surface area contributed by atoms with Crippen molar-refractivity contribution in [2.75, 3.05) is 39.4 Å². The van der Waals surface area contributed by atoms with Crippen LogP contribution in [-0.2, 0) is 10.4 Å². The van der Waals surface area contributed by atoms with Crippen LogP contribution < -0.4 is 23.8 Å². The van der Waals surface area contributed by atoms with Crippen LogP contribution in [0.3, 0.4) is 0 Å². The minimum absolute atomic E-state index is 0.163. The van der Waals surface area contributed by atoms with Gasteiger partial charge in [-0.05, 0) is 30.3 Å². The van der Waals surface area contributed by atoms with Crippen molar-refractivity contribution in [3.8, 4) is 23.0 Å². The smallest absolute Gasteiger partial charge is 0.264 e. The lowest BCUT2D eigenvalue weighted by Crippen LogP contribution is -2.43. The van der Waals surface area contributed by atoms with Crippen molar-refractivity contribution in [2.24, 2.45) is 0 Å². The molecule has 8 nitrogen and oxygen atoms in total. The number of amides is 1. The molecule has 0 aromatic heterocycles. The van der Waals surface area contributed by atoms with E-state index in [-0.39, 0.29) is 18.7 Å². The average molecular weight is 478 g/mol. The first kappa shape index (κ1) is 24.1. The lowest BCUT2D eigenvalue weighted by molar-refractivity contribution is -0.135. The third-order valence-electron chi connectivity index (χ3n) is 6.01.